The summed E-state index contributed by atoms with van der Waals surface area (Å²) in [6, 6.07) is 16.7. The van der Waals surface area contributed by atoms with E-state index in [2.05, 4.69) is 59.8 Å². The molecule has 0 saturated carbocycles. The third-order valence-electron chi connectivity index (χ3n) is 4.00. The van der Waals surface area contributed by atoms with Crippen molar-refractivity contribution in [2.45, 2.75) is 33.4 Å². The number of aryl methyl sites for hydroxylation is 2. The van der Waals surface area contributed by atoms with Crippen LogP contribution in [0.2, 0.25) is 0 Å². The van der Waals surface area contributed by atoms with Crippen molar-refractivity contribution in [2.24, 2.45) is 0 Å². The van der Waals surface area contributed by atoms with Crippen molar-refractivity contribution in [2.75, 3.05) is 0 Å². The van der Waals surface area contributed by atoms with Crippen LogP contribution >= 0.6 is 0 Å². The molecule has 0 aliphatic heterocycles. The zero-order valence-electron chi connectivity index (χ0n) is 13.7. The highest BCUT2D eigenvalue weighted by atomic mass is 15.5. The highest BCUT2D eigenvalue weighted by Gasteiger charge is 2.12. The number of hydrogen-bond acceptors (Lipinski definition) is 4. The van der Waals surface area contributed by atoms with Gasteiger partial charge in [-0.05, 0) is 54.5 Å². The normalized spacial score (nSPS) is 12.3. The van der Waals surface area contributed by atoms with Gasteiger partial charge in [-0.15, -0.1) is 5.10 Å². The van der Waals surface area contributed by atoms with Gasteiger partial charge in [-0.25, -0.2) is 0 Å². The average molecular weight is 307 g/mol. The number of para-hydroxylation sites is 1. The van der Waals surface area contributed by atoms with Gasteiger partial charge >= 0.3 is 0 Å². The Labute approximate surface area is 136 Å². The van der Waals surface area contributed by atoms with E-state index in [0.717, 1.165) is 11.5 Å². The maximum atomic E-state index is 4.14. The van der Waals surface area contributed by atoms with Crippen molar-refractivity contribution in [3.63, 3.8) is 0 Å². The lowest BCUT2D eigenvalue weighted by atomic mass is 10.00. The first-order chi connectivity index (χ1) is 11.1. The molecule has 3 rings (SSSR count). The van der Waals surface area contributed by atoms with Crippen molar-refractivity contribution in [1.29, 1.82) is 0 Å². The van der Waals surface area contributed by atoms with Gasteiger partial charge in [0.2, 0.25) is 0 Å². The molecule has 0 amide bonds. The summed E-state index contributed by atoms with van der Waals surface area (Å²) in [5.41, 5.74) is 4.84. The van der Waals surface area contributed by atoms with E-state index in [1.807, 2.05) is 30.3 Å². The number of aromatic nitrogens is 4. The van der Waals surface area contributed by atoms with Crippen molar-refractivity contribution in [3.8, 4) is 5.69 Å². The van der Waals surface area contributed by atoms with E-state index in [1.165, 1.54) is 16.7 Å². The Morgan fingerprint density at radius 1 is 1.09 bits per heavy atom. The number of nitrogens with one attached hydrogen (secondary N) is 1. The fourth-order valence-corrected chi connectivity index (χ4v) is 2.67. The Kier molecular flexibility index (Phi) is 4.48. The van der Waals surface area contributed by atoms with Gasteiger partial charge in [-0.1, -0.05) is 42.0 Å². The summed E-state index contributed by atoms with van der Waals surface area (Å²) in [5, 5.41) is 15.5. The maximum Gasteiger partial charge on any atom is 0.170 e. The third-order valence-corrected chi connectivity index (χ3v) is 4.00. The molecule has 5 nitrogen and oxygen atoms in total. The van der Waals surface area contributed by atoms with Crippen LogP contribution in [0.1, 0.15) is 35.5 Å². The molecule has 1 N–H and O–H groups in total. The molecule has 1 atom stereocenters. The molecule has 0 spiro atoms. The molecule has 1 aromatic heterocycles. The minimum absolute atomic E-state index is 0.232. The highest BCUT2D eigenvalue weighted by molar-refractivity contribution is 5.33. The summed E-state index contributed by atoms with van der Waals surface area (Å²) < 4.78 is 1.77. The summed E-state index contributed by atoms with van der Waals surface area (Å²) >= 11 is 0. The van der Waals surface area contributed by atoms with E-state index >= 15 is 0 Å². The molecule has 2 aromatic carbocycles. The third kappa shape index (κ3) is 3.46. The Hall–Kier alpha value is -2.53. The fraction of sp³-hybridized carbons (Fsp3) is 0.278. The summed E-state index contributed by atoms with van der Waals surface area (Å²) in [4.78, 5) is 0. The predicted molar refractivity (Wildman–Crippen MR) is 90.3 cm³/mol. The van der Waals surface area contributed by atoms with E-state index < -0.39 is 0 Å². The Morgan fingerprint density at radius 3 is 2.65 bits per heavy atom. The Bertz CT molecular complexity index is 779. The molecule has 118 valence electrons. The van der Waals surface area contributed by atoms with Crippen LogP contribution in [0, 0.1) is 13.8 Å². The van der Waals surface area contributed by atoms with Crippen LogP contribution in [-0.2, 0) is 6.54 Å². The fourth-order valence-electron chi connectivity index (χ4n) is 2.67. The zero-order valence-corrected chi connectivity index (χ0v) is 13.7. The Morgan fingerprint density at radius 2 is 1.87 bits per heavy atom. The molecule has 0 fully saturated rings. The molecule has 0 aliphatic rings. The summed E-state index contributed by atoms with van der Waals surface area (Å²) in [6.45, 7) is 7.03. The second kappa shape index (κ2) is 6.71. The van der Waals surface area contributed by atoms with Gasteiger partial charge < -0.3 is 5.32 Å². The average Bonchev–Trinajstić information content (AvgIpc) is 3.04. The van der Waals surface area contributed by atoms with Gasteiger partial charge in [0.1, 0.15) is 0 Å². The van der Waals surface area contributed by atoms with Crippen LogP contribution in [0.25, 0.3) is 5.69 Å². The zero-order chi connectivity index (χ0) is 16.2. The first-order valence-electron chi connectivity index (χ1n) is 7.78. The lowest BCUT2D eigenvalue weighted by molar-refractivity contribution is 0.548. The van der Waals surface area contributed by atoms with Crippen LogP contribution in [0.5, 0.6) is 0 Å². The minimum Gasteiger partial charge on any atom is -0.303 e. The van der Waals surface area contributed by atoms with Crippen LogP contribution in [0.4, 0.5) is 0 Å². The lowest BCUT2D eigenvalue weighted by Crippen LogP contribution is -2.21. The van der Waals surface area contributed by atoms with E-state index in [-0.39, 0.29) is 6.04 Å². The molecule has 0 radical (unpaired) electrons. The molecular formula is C18H21N5. The SMILES string of the molecule is Cc1ccc(C)c([C@H](C)NCc2nnnn2-c2ccccc2)c1. The summed E-state index contributed by atoms with van der Waals surface area (Å²) in [6.07, 6.45) is 0. The van der Waals surface area contributed by atoms with E-state index in [4.69, 9.17) is 0 Å². The lowest BCUT2D eigenvalue weighted by Gasteiger charge is -2.17. The van der Waals surface area contributed by atoms with Crippen molar-refractivity contribution in [3.05, 3.63) is 71.0 Å². The molecule has 0 saturated heterocycles. The van der Waals surface area contributed by atoms with Crippen LogP contribution in [-0.4, -0.2) is 20.2 Å². The predicted octanol–water partition coefficient (Wildman–Crippen LogP) is 3.13. The van der Waals surface area contributed by atoms with Gasteiger partial charge in [0.15, 0.2) is 5.82 Å². The number of nitrogens with zero attached hydrogens (tertiary/aromatic N) is 4. The van der Waals surface area contributed by atoms with Crippen molar-refractivity contribution >= 4 is 0 Å². The van der Waals surface area contributed by atoms with Gasteiger partial charge in [0.05, 0.1) is 12.2 Å². The topological polar surface area (TPSA) is 55.6 Å². The molecule has 0 unspecified atom stereocenters. The largest absolute Gasteiger partial charge is 0.303 e. The second-order valence-corrected chi connectivity index (χ2v) is 5.81. The van der Waals surface area contributed by atoms with Gasteiger partial charge in [-0.3, -0.25) is 0 Å². The second-order valence-electron chi connectivity index (χ2n) is 5.81. The molecule has 0 aliphatic carbocycles. The quantitative estimate of drug-likeness (QED) is 0.787. The molecular weight excluding hydrogens is 286 g/mol. The monoisotopic (exact) mass is 307 g/mol. The molecule has 5 heteroatoms. The van der Waals surface area contributed by atoms with Crippen LogP contribution in [0.3, 0.4) is 0 Å². The van der Waals surface area contributed by atoms with Gasteiger partial charge in [-0.2, -0.15) is 4.68 Å². The van der Waals surface area contributed by atoms with Crippen molar-refractivity contribution in [1.82, 2.24) is 25.5 Å². The summed E-state index contributed by atoms with van der Waals surface area (Å²) in [5.74, 6) is 0.799. The number of benzene rings is 2. The van der Waals surface area contributed by atoms with E-state index in [0.29, 0.717) is 6.54 Å². The van der Waals surface area contributed by atoms with E-state index in [9.17, 15) is 0 Å². The van der Waals surface area contributed by atoms with Gasteiger partial charge in [0.25, 0.3) is 0 Å². The van der Waals surface area contributed by atoms with Crippen LogP contribution < -0.4 is 5.32 Å². The first-order valence-corrected chi connectivity index (χ1v) is 7.78. The first kappa shape index (κ1) is 15.4. The number of rotatable bonds is 5. The maximum absolute atomic E-state index is 4.14. The highest BCUT2D eigenvalue weighted by Crippen LogP contribution is 2.19. The van der Waals surface area contributed by atoms with Crippen molar-refractivity contribution < 1.29 is 0 Å². The molecule has 0 bridgehead atoms. The van der Waals surface area contributed by atoms with E-state index in [1.54, 1.807) is 4.68 Å². The van der Waals surface area contributed by atoms with Crippen LogP contribution in [0.15, 0.2) is 48.5 Å². The van der Waals surface area contributed by atoms with Gasteiger partial charge in [0, 0.05) is 6.04 Å². The molecule has 23 heavy (non-hydrogen) atoms. The standard InChI is InChI=1S/C18H21N5/c1-13-9-10-14(2)17(11-13)15(3)19-12-18-20-21-22-23(18)16-7-5-4-6-8-16/h4-11,15,19H,12H2,1-3H3/t15-/m0/s1. The number of hydrogen-bond donors (Lipinski definition) is 1. The number of tetrazole rings is 1. The minimum atomic E-state index is 0.232. The smallest absolute Gasteiger partial charge is 0.170 e. The Balaban J connectivity index is 1.74. The summed E-state index contributed by atoms with van der Waals surface area (Å²) in [7, 11) is 0. The molecule has 3 aromatic rings. The molecule has 1 heterocycles.